The van der Waals surface area contributed by atoms with Gasteiger partial charge in [-0.2, -0.15) is 0 Å². The summed E-state index contributed by atoms with van der Waals surface area (Å²) in [7, 11) is 0. The van der Waals surface area contributed by atoms with Crippen LogP contribution in [0.2, 0.25) is 0 Å². The number of esters is 1. The number of carboxylic acid groups (broad SMARTS) is 1. The van der Waals surface area contributed by atoms with E-state index < -0.39 is 29.3 Å². The molecule has 0 aromatic carbocycles. The number of amides is 1. The molecule has 1 fully saturated rings. The van der Waals surface area contributed by atoms with Crippen molar-refractivity contribution >= 4 is 29.6 Å². The van der Waals surface area contributed by atoms with E-state index in [1.165, 1.54) is 18.7 Å². The molecule has 1 saturated heterocycles. The van der Waals surface area contributed by atoms with E-state index in [0.29, 0.717) is 0 Å². The molecule has 2 unspecified atom stereocenters. The molecule has 0 spiro atoms. The maximum atomic E-state index is 11.9. The summed E-state index contributed by atoms with van der Waals surface area (Å²) < 4.78 is 4.75. The molecule has 2 aliphatic heterocycles. The number of carboxylic acids is 1. The van der Waals surface area contributed by atoms with Gasteiger partial charge in [0.15, 0.2) is 0 Å². The molecule has 2 aliphatic rings. The van der Waals surface area contributed by atoms with Gasteiger partial charge in [-0.15, -0.1) is 0 Å². The first-order chi connectivity index (χ1) is 8.84. The minimum absolute atomic E-state index is 0. The molecule has 7 nitrogen and oxygen atoms in total. The van der Waals surface area contributed by atoms with E-state index in [0.717, 1.165) is 11.8 Å². The first-order valence-corrected chi connectivity index (χ1v) is 6.48. The average molecular weight is 309 g/mol. The molecule has 9 heteroatoms. The molecule has 0 bridgehead atoms. The molecule has 0 radical (unpaired) electrons. The molecular weight excluding hydrogens is 297 g/mol. The quantitative estimate of drug-likeness (QED) is 0.316. The normalized spacial score (nSPS) is 25.6. The smallest absolute Gasteiger partial charge is 0.544 e. The molecule has 0 saturated carbocycles. The summed E-state index contributed by atoms with van der Waals surface area (Å²) in [6.45, 7) is 2.37. The van der Waals surface area contributed by atoms with Gasteiger partial charge in [-0.1, -0.05) is 11.8 Å². The Morgan fingerprint density at radius 1 is 1.55 bits per heavy atom. The van der Waals surface area contributed by atoms with Crippen molar-refractivity contribution in [3.8, 4) is 0 Å². The van der Waals surface area contributed by atoms with Crippen LogP contribution < -0.4 is 34.7 Å². The summed E-state index contributed by atoms with van der Waals surface area (Å²) in [5.74, 6) is -3.00. The summed E-state index contributed by atoms with van der Waals surface area (Å²) in [4.78, 5) is 34.8. The number of carbonyl (C=O) groups excluding carboxylic acids is 3. The third kappa shape index (κ3) is 2.89. The third-order valence-corrected chi connectivity index (χ3v) is 4.38. The summed E-state index contributed by atoms with van der Waals surface area (Å²) in [6.07, 6.45) is -0.864. The molecular formula is C11H12NNaO6S. The van der Waals surface area contributed by atoms with Crippen molar-refractivity contribution in [1.82, 2.24) is 4.90 Å². The molecule has 2 rings (SSSR count). The first-order valence-electron chi connectivity index (χ1n) is 5.60. The van der Waals surface area contributed by atoms with Gasteiger partial charge in [-0.05, 0) is 6.92 Å². The number of β-lactam (4-membered cyclic amide) rings is 1. The molecule has 1 N–H and O–H groups in total. The van der Waals surface area contributed by atoms with Crippen LogP contribution in [-0.4, -0.2) is 45.9 Å². The van der Waals surface area contributed by atoms with Crippen LogP contribution in [0.25, 0.3) is 0 Å². The Morgan fingerprint density at radius 2 is 2.15 bits per heavy atom. The second kappa shape index (κ2) is 6.48. The summed E-state index contributed by atoms with van der Waals surface area (Å²) in [6, 6.07) is 0. The summed E-state index contributed by atoms with van der Waals surface area (Å²) >= 11 is 0.940. The zero-order valence-corrected chi connectivity index (χ0v) is 14.1. The Morgan fingerprint density at radius 3 is 2.60 bits per heavy atom. The second-order valence-corrected chi connectivity index (χ2v) is 5.45. The van der Waals surface area contributed by atoms with Crippen LogP contribution in [0, 0.1) is 5.92 Å². The van der Waals surface area contributed by atoms with E-state index in [1.54, 1.807) is 0 Å². The van der Waals surface area contributed by atoms with Crippen molar-refractivity contribution in [3.05, 3.63) is 10.6 Å². The number of nitrogens with zero attached hydrogens (tertiary/aromatic N) is 1. The van der Waals surface area contributed by atoms with Crippen LogP contribution in [0.15, 0.2) is 10.6 Å². The monoisotopic (exact) mass is 309 g/mol. The molecule has 104 valence electrons. The van der Waals surface area contributed by atoms with Gasteiger partial charge < -0.3 is 19.7 Å². The van der Waals surface area contributed by atoms with Crippen LogP contribution >= 0.6 is 11.8 Å². The van der Waals surface area contributed by atoms with E-state index in [9.17, 15) is 24.6 Å². The number of aliphatic hydroxyl groups excluding tert-OH is 1. The second-order valence-electron chi connectivity index (χ2n) is 4.33. The summed E-state index contributed by atoms with van der Waals surface area (Å²) in [5.41, 5.74) is 0.118. The Bertz CT molecular complexity index is 491. The number of hydrogen-bond acceptors (Lipinski definition) is 7. The van der Waals surface area contributed by atoms with Gasteiger partial charge in [0.2, 0.25) is 5.91 Å². The number of hydrogen-bond donors (Lipinski definition) is 1. The van der Waals surface area contributed by atoms with E-state index in [4.69, 9.17) is 4.74 Å². The Kier molecular flexibility index (Phi) is 5.68. The number of thioether (sulfide) groups is 1. The van der Waals surface area contributed by atoms with Crippen molar-refractivity contribution in [2.24, 2.45) is 5.92 Å². The van der Waals surface area contributed by atoms with Gasteiger partial charge in [0, 0.05) is 6.92 Å². The standard InChI is InChI=1S/C11H13NO6S.Na/c1-4(13)7-9(15)12-6(3-18-5(2)14)8(11(16)17)19-10(7)12;/h4,7,10,13H,3H2,1-2H3,(H,16,17);/q;+1/p-1/t4?,7?,10-;/m1./s1. The number of carbonyl (C=O) groups is 3. The maximum absolute atomic E-state index is 11.9. The molecule has 20 heavy (non-hydrogen) atoms. The number of rotatable bonds is 4. The van der Waals surface area contributed by atoms with Gasteiger partial charge in [0.05, 0.1) is 28.6 Å². The van der Waals surface area contributed by atoms with Crippen LogP contribution in [0.3, 0.4) is 0 Å². The van der Waals surface area contributed by atoms with Gasteiger partial charge in [-0.25, -0.2) is 0 Å². The number of fused-ring (bicyclic) bond motifs is 1. The minimum atomic E-state index is -1.42. The van der Waals surface area contributed by atoms with Crippen LogP contribution in [0.5, 0.6) is 0 Å². The van der Waals surface area contributed by atoms with Crippen LogP contribution in [-0.2, 0) is 19.1 Å². The van der Waals surface area contributed by atoms with Crippen molar-refractivity contribution in [2.75, 3.05) is 6.61 Å². The van der Waals surface area contributed by atoms with Gasteiger partial charge in [0.25, 0.3) is 0 Å². The Labute approximate surface area is 141 Å². The number of ether oxygens (including phenoxy) is 1. The largest absolute Gasteiger partial charge is 1.00 e. The predicted molar refractivity (Wildman–Crippen MR) is 62.1 cm³/mol. The zero-order valence-electron chi connectivity index (χ0n) is 11.3. The average Bonchev–Trinajstić information content (AvgIpc) is 2.60. The van der Waals surface area contributed by atoms with Gasteiger partial charge in [-0.3, -0.25) is 14.5 Å². The maximum Gasteiger partial charge on any atom is 1.00 e. The van der Waals surface area contributed by atoms with Crippen molar-refractivity contribution in [1.29, 1.82) is 0 Å². The van der Waals surface area contributed by atoms with Gasteiger partial charge >= 0.3 is 35.5 Å². The molecule has 0 aromatic rings. The molecule has 1 amide bonds. The molecule has 2 heterocycles. The molecule has 0 aromatic heterocycles. The van der Waals surface area contributed by atoms with Crippen LogP contribution in [0.1, 0.15) is 13.8 Å². The Hall–Kier alpha value is -0.540. The fourth-order valence-electron chi connectivity index (χ4n) is 2.11. The number of aliphatic hydroxyl groups is 1. The predicted octanol–water partition coefficient (Wildman–Crippen LogP) is -4.57. The Balaban J connectivity index is 0.00000200. The van der Waals surface area contributed by atoms with Crippen molar-refractivity contribution in [3.63, 3.8) is 0 Å². The molecule has 0 aliphatic carbocycles. The number of aliphatic carboxylic acids is 1. The van der Waals surface area contributed by atoms with E-state index in [-0.39, 0.29) is 52.7 Å². The fraction of sp³-hybridized carbons (Fsp3) is 0.545. The first kappa shape index (κ1) is 17.5. The van der Waals surface area contributed by atoms with Crippen molar-refractivity contribution in [2.45, 2.75) is 25.3 Å². The third-order valence-electron chi connectivity index (χ3n) is 2.99. The SMILES string of the molecule is CC(=O)OCC1=C(C(=O)[O-])S[C@@H]2C(C(C)O)C(=O)N12.[Na+]. The summed E-state index contributed by atoms with van der Waals surface area (Å²) in [5, 5.41) is 20.1. The molecule has 3 atom stereocenters. The van der Waals surface area contributed by atoms with E-state index in [1.807, 2.05) is 0 Å². The van der Waals surface area contributed by atoms with E-state index in [2.05, 4.69) is 0 Å². The van der Waals surface area contributed by atoms with Crippen LogP contribution in [0.4, 0.5) is 0 Å². The zero-order chi connectivity index (χ0) is 14.3. The van der Waals surface area contributed by atoms with Crippen molar-refractivity contribution < 1.29 is 58.9 Å². The fourth-order valence-corrected chi connectivity index (χ4v) is 3.57. The topological polar surface area (TPSA) is 107 Å². The van der Waals surface area contributed by atoms with Gasteiger partial charge in [0.1, 0.15) is 12.0 Å². The minimum Gasteiger partial charge on any atom is -0.544 e. The van der Waals surface area contributed by atoms with E-state index >= 15 is 0 Å².